The van der Waals surface area contributed by atoms with Crippen LogP contribution < -0.4 is 4.74 Å². The van der Waals surface area contributed by atoms with Crippen molar-refractivity contribution in [3.05, 3.63) is 60.0 Å². The van der Waals surface area contributed by atoms with Crippen molar-refractivity contribution in [1.29, 1.82) is 0 Å². The third kappa shape index (κ3) is 5.38. The van der Waals surface area contributed by atoms with Crippen LogP contribution in [0.25, 0.3) is 10.9 Å². The summed E-state index contributed by atoms with van der Waals surface area (Å²) >= 11 is 0. The molecule has 1 aliphatic heterocycles. The summed E-state index contributed by atoms with van der Waals surface area (Å²) in [6.07, 6.45) is 2.77. The molecule has 0 radical (unpaired) electrons. The topological polar surface area (TPSA) is 54.8 Å². The molecule has 0 spiro atoms. The molecule has 176 valence electrons. The van der Waals surface area contributed by atoms with Crippen LogP contribution >= 0.6 is 24.8 Å². The van der Waals surface area contributed by atoms with E-state index in [4.69, 9.17) is 4.74 Å². The molecule has 1 aromatic heterocycles. The molecule has 3 aromatic rings. The summed E-state index contributed by atoms with van der Waals surface area (Å²) < 4.78 is 46.6. The maximum atomic E-state index is 13.3. The van der Waals surface area contributed by atoms with Crippen molar-refractivity contribution in [2.75, 3.05) is 40.3 Å². The van der Waals surface area contributed by atoms with Gasteiger partial charge in [0.2, 0.25) is 0 Å². The zero-order valence-corrected chi connectivity index (χ0v) is 20.5. The fourth-order valence-corrected chi connectivity index (χ4v) is 5.31. The summed E-state index contributed by atoms with van der Waals surface area (Å²) in [6, 6.07) is 10.3. The lowest BCUT2D eigenvalue weighted by molar-refractivity contribution is 0.270. The molecule has 0 aliphatic carbocycles. The summed E-state index contributed by atoms with van der Waals surface area (Å²) in [6.45, 7) is 4.59. The number of ether oxygens (including phenoxy) is 1. The standard InChI is InChI=1S/C22H26FN3O3S.2ClH/c1-24-10-3-11-25(13-12-24)15-17-16-26(22-9-6-19(29-2)14-21(17)22)30(27,28)20-7-4-18(23)5-8-20;;/h4-9,14,16H,3,10-13,15H2,1-2H3;2*1H. The Bertz CT molecular complexity index is 1150. The number of hydrogen-bond acceptors (Lipinski definition) is 5. The van der Waals surface area contributed by atoms with Gasteiger partial charge in [0.1, 0.15) is 11.6 Å². The van der Waals surface area contributed by atoms with Gasteiger partial charge in [-0.2, -0.15) is 0 Å². The Balaban J connectivity index is 0.00000181. The average Bonchev–Trinajstić information content (AvgIpc) is 2.97. The predicted octanol–water partition coefficient (Wildman–Crippen LogP) is 4.01. The monoisotopic (exact) mass is 503 g/mol. The molecule has 0 atom stereocenters. The van der Waals surface area contributed by atoms with Crippen LogP contribution in [-0.2, 0) is 16.6 Å². The number of methoxy groups -OCH3 is 1. The van der Waals surface area contributed by atoms with E-state index in [1.807, 2.05) is 6.07 Å². The Hall–Kier alpha value is -1.84. The zero-order chi connectivity index (χ0) is 21.3. The molecular weight excluding hydrogens is 476 g/mol. The summed E-state index contributed by atoms with van der Waals surface area (Å²) in [7, 11) is -0.140. The fraction of sp³-hybridized carbons (Fsp3) is 0.364. The van der Waals surface area contributed by atoms with E-state index in [1.165, 1.54) is 16.1 Å². The van der Waals surface area contributed by atoms with Gasteiger partial charge in [-0.3, -0.25) is 4.90 Å². The molecule has 1 aliphatic rings. The Morgan fingerprint density at radius 1 is 1.00 bits per heavy atom. The molecule has 2 aromatic carbocycles. The van der Waals surface area contributed by atoms with Gasteiger partial charge in [0.05, 0.1) is 17.5 Å². The van der Waals surface area contributed by atoms with Crippen molar-refractivity contribution in [2.45, 2.75) is 17.9 Å². The highest BCUT2D eigenvalue weighted by Crippen LogP contribution is 2.30. The number of hydrogen-bond donors (Lipinski definition) is 0. The molecule has 0 N–H and O–H groups in total. The Morgan fingerprint density at radius 2 is 1.72 bits per heavy atom. The lowest BCUT2D eigenvalue weighted by Crippen LogP contribution is -2.28. The van der Waals surface area contributed by atoms with Crippen LogP contribution in [0.15, 0.2) is 53.6 Å². The molecule has 0 amide bonds. The highest BCUT2D eigenvalue weighted by atomic mass is 35.5. The quantitative estimate of drug-likeness (QED) is 0.526. The highest BCUT2D eigenvalue weighted by Gasteiger charge is 2.23. The van der Waals surface area contributed by atoms with Crippen molar-refractivity contribution >= 4 is 45.7 Å². The largest absolute Gasteiger partial charge is 0.497 e. The van der Waals surface area contributed by atoms with E-state index in [-0.39, 0.29) is 29.7 Å². The first kappa shape index (κ1) is 26.4. The van der Waals surface area contributed by atoms with E-state index in [0.717, 1.165) is 55.7 Å². The number of nitrogens with zero attached hydrogens (tertiary/aromatic N) is 3. The number of halogens is 3. The van der Waals surface area contributed by atoms with Crippen LogP contribution in [-0.4, -0.2) is 62.5 Å². The second kappa shape index (κ2) is 10.9. The van der Waals surface area contributed by atoms with E-state index in [0.29, 0.717) is 17.8 Å². The molecule has 1 fully saturated rings. The minimum atomic E-state index is -3.86. The molecular formula is C22H28Cl2FN3O3S. The van der Waals surface area contributed by atoms with Crippen LogP contribution in [0.3, 0.4) is 0 Å². The van der Waals surface area contributed by atoms with Gasteiger partial charge in [0, 0.05) is 31.2 Å². The van der Waals surface area contributed by atoms with Crippen LogP contribution in [0.5, 0.6) is 5.75 Å². The van der Waals surface area contributed by atoms with E-state index in [1.54, 1.807) is 25.4 Å². The van der Waals surface area contributed by atoms with Gasteiger partial charge in [-0.1, -0.05) is 0 Å². The molecule has 1 saturated heterocycles. The van der Waals surface area contributed by atoms with Crippen molar-refractivity contribution in [3.8, 4) is 5.75 Å². The van der Waals surface area contributed by atoms with Crippen molar-refractivity contribution in [3.63, 3.8) is 0 Å². The van der Waals surface area contributed by atoms with Crippen molar-refractivity contribution < 1.29 is 17.5 Å². The summed E-state index contributed by atoms with van der Waals surface area (Å²) in [4.78, 5) is 4.72. The highest BCUT2D eigenvalue weighted by molar-refractivity contribution is 7.90. The maximum Gasteiger partial charge on any atom is 0.268 e. The smallest absolute Gasteiger partial charge is 0.268 e. The second-order valence-corrected chi connectivity index (χ2v) is 9.54. The second-order valence-electron chi connectivity index (χ2n) is 7.73. The number of likely N-dealkylation sites (N-methyl/N-ethyl adjacent to an activating group) is 1. The lowest BCUT2D eigenvalue weighted by Gasteiger charge is -2.19. The van der Waals surface area contributed by atoms with Gasteiger partial charge in [-0.05, 0) is 74.6 Å². The number of benzene rings is 2. The summed E-state index contributed by atoms with van der Waals surface area (Å²) in [5, 5.41) is 0.845. The van der Waals surface area contributed by atoms with Gasteiger partial charge in [0.25, 0.3) is 10.0 Å². The van der Waals surface area contributed by atoms with Gasteiger partial charge in [0.15, 0.2) is 0 Å². The first-order chi connectivity index (χ1) is 14.4. The van der Waals surface area contributed by atoms with Crippen LogP contribution in [0.2, 0.25) is 0 Å². The van der Waals surface area contributed by atoms with Crippen molar-refractivity contribution in [1.82, 2.24) is 13.8 Å². The van der Waals surface area contributed by atoms with Gasteiger partial charge < -0.3 is 9.64 Å². The van der Waals surface area contributed by atoms with E-state index < -0.39 is 15.8 Å². The van der Waals surface area contributed by atoms with Gasteiger partial charge >= 0.3 is 0 Å². The lowest BCUT2D eigenvalue weighted by atomic mass is 10.1. The normalized spacial score (nSPS) is 15.6. The molecule has 0 saturated carbocycles. The van der Waals surface area contributed by atoms with E-state index in [2.05, 4.69) is 16.8 Å². The first-order valence-electron chi connectivity index (χ1n) is 9.98. The van der Waals surface area contributed by atoms with Crippen LogP contribution in [0.1, 0.15) is 12.0 Å². The molecule has 0 unspecified atom stereocenters. The maximum absolute atomic E-state index is 13.3. The van der Waals surface area contributed by atoms with Crippen LogP contribution in [0, 0.1) is 5.82 Å². The molecule has 6 nitrogen and oxygen atoms in total. The zero-order valence-electron chi connectivity index (χ0n) is 18.0. The third-order valence-electron chi connectivity index (χ3n) is 5.64. The minimum Gasteiger partial charge on any atom is -0.497 e. The number of rotatable bonds is 5. The Kier molecular flexibility index (Phi) is 8.96. The Morgan fingerprint density at radius 3 is 2.41 bits per heavy atom. The SMILES string of the molecule is COc1ccc2c(c1)c(CN1CCCN(C)CC1)cn2S(=O)(=O)c1ccc(F)cc1.Cl.Cl. The molecule has 32 heavy (non-hydrogen) atoms. The van der Waals surface area contributed by atoms with Gasteiger partial charge in [-0.25, -0.2) is 16.8 Å². The average molecular weight is 504 g/mol. The summed E-state index contributed by atoms with van der Waals surface area (Å²) in [5.74, 6) is 0.208. The predicted molar refractivity (Wildman–Crippen MR) is 129 cm³/mol. The number of aromatic nitrogens is 1. The van der Waals surface area contributed by atoms with Gasteiger partial charge in [-0.15, -0.1) is 24.8 Å². The first-order valence-corrected chi connectivity index (χ1v) is 11.4. The minimum absolute atomic E-state index is 0. The number of fused-ring (bicyclic) bond motifs is 1. The molecule has 10 heteroatoms. The Labute approximate surface area is 200 Å². The van der Waals surface area contributed by atoms with Crippen LogP contribution in [0.4, 0.5) is 4.39 Å². The summed E-state index contributed by atoms with van der Waals surface area (Å²) in [5.41, 5.74) is 1.52. The fourth-order valence-electron chi connectivity index (χ4n) is 3.92. The van der Waals surface area contributed by atoms with E-state index >= 15 is 0 Å². The third-order valence-corrected chi connectivity index (χ3v) is 7.32. The molecule has 0 bridgehead atoms. The van der Waals surface area contributed by atoms with Crippen molar-refractivity contribution in [2.24, 2.45) is 0 Å². The van der Waals surface area contributed by atoms with E-state index in [9.17, 15) is 12.8 Å². The molecule has 4 rings (SSSR count). The molecule has 2 heterocycles.